The molecule has 0 saturated heterocycles. The first-order valence-corrected chi connectivity index (χ1v) is 4.73. The van der Waals surface area contributed by atoms with Gasteiger partial charge in [0.2, 0.25) is 0 Å². The van der Waals surface area contributed by atoms with Gasteiger partial charge in [-0.25, -0.2) is 8.78 Å². The van der Waals surface area contributed by atoms with Crippen molar-refractivity contribution in [2.45, 2.75) is 19.8 Å². The molecule has 15 heavy (non-hydrogen) atoms. The maximum atomic E-state index is 13.1. The van der Waals surface area contributed by atoms with Gasteiger partial charge in [0.1, 0.15) is 11.6 Å². The Morgan fingerprint density at radius 3 is 2.80 bits per heavy atom. The van der Waals surface area contributed by atoms with Crippen molar-refractivity contribution in [3.63, 3.8) is 0 Å². The van der Waals surface area contributed by atoms with E-state index >= 15 is 0 Å². The average molecular weight is 214 g/mol. The van der Waals surface area contributed by atoms with E-state index in [-0.39, 0.29) is 18.4 Å². The van der Waals surface area contributed by atoms with Gasteiger partial charge in [-0.15, -0.1) is 0 Å². The molecule has 1 aromatic carbocycles. The Hall–Kier alpha value is -1.45. The van der Waals surface area contributed by atoms with Crippen molar-refractivity contribution >= 4 is 5.97 Å². The van der Waals surface area contributed by atoms with Crippen molar-refractivity contribution in [1.29, 1.82) is 0 Å². The molecule has 0 heterocycles. The van der Waals surface area contributed by atoms with Crippen LogP contribution < -0.4 is 0 Å². The first-order valence-electron chi connectivity index (χ1n) is 4.73. The Morgan fingerprint density at radius 2 is 2.13 bits per heavy atom. The fourth-order valence-corrected chi connectivity index (χ4v) is 1.20. The van der Waals surface area contributed by atoms with Crippen LogP contribution in [-0.2, 0) is 16.0 Å². The van der Waals surface area contributed by atoms with Crippen LogP contribution in [0.15, 0.2) is 18.2 Å². The summed E-state index contributed by atoms with van der Waals surface area (Å²) in [7, 11) is 0. The summed E-state index contributed by atoms with van der Waals surface area (Å²) in [5, 5.41) is 0. The molecule has 4 heteroatoms. The Balaban J connectivity index is 2.57. The maximum absolute atomic E-state index is 13.1. The van der Waals surface area contributed by atoms with E-state index in [1.165, 1.54) is 0 Å². The first-order chi connectivity index (χ1) is 7.13. The molecule has 0 N–H and O–H groups in total. The zero-order valence-corrected chi connectivity index (χ0v) is 8.43. The normalized spacial score (nSPS) is 10.1. The van der Waals surface area contributed by atoms with E-state index in [0.29, 0.717) is 6.61 Å². The number of rotatable bonds is 4. The molecule has 0 bridgehead atoms. The minimum atomic E-state index is -0.504. The summed E-state index contributed by atoms with van der Waals surface area (Å²) in [6, 6.07) is 3.19. The van der Waals surface area contributed by atoms with E-state index in [9.17, 15) is 13.6 Å². The van der Waals surface area contributed by atoms with Gasteiger partial charge in [0, 0.05) is 6.42 Å². The number of carbonyl (C=O) groups is 1. The first kappa shape index (κ1) is 11.6. The van der Waals surface area contributed by atoms with E-state index in [1.54, 1.807) is 6.92 Å². The number of esters is 1. The van der Waals surface area contributed by atoms with Crippen LogP contribution in [0.2, 0.25) is 0 Å². The smallest absolute Gasteiger partial charge is 0.306 e. The molecule has 0 aromatic heterocycles. The van der Waals surface area contributed by atoms with E-state index in [2.05, 4.69) is 4.74 Å². The molecule has 0 aliphatic carbocycles. The third kappa shape index (κ3) is 3.65. The van der Waals surface area contributed by atoms with Crippen LogP contribution in [0.5, 0.6) is 0 Å². The van der Waals surface area contributed by atoms with Gasteiger partial charge in [-0.3, -0.25) is 4.79 Å². The molecular weight excluding hydrogens is 202 g/mol. The zero-order valence-electron chi connectivity index (χ0n) is 8.43. The number of hydrogen-bond acceptors (Lipinski definition) is 2. The largest absolute Gasteiger partial charge is 0.466 e. The summed E-state index contributed by atoms with van der Waals surface area (Å²) < 4.78 is 30.5. The maximum Gasteiger partial charge on any atom is 0.306 e. The van der Waals surface area contributed by atoms with Crippen LogP contribution in [0.25, 0.3) is 0 Å². The second-order valence-electron chi connectivity index (χ2n) is 3.04. The van der Waals surface area contributed by atoms with Crippen LogP contribution in [0, 0.1) is 11.6 Å². The quantitative estimate of drug-likeness (QED) is 0.719. The van der Waals surface area contributed by atoms with Crippen LogP contribution in [0.4, 0.5) is 8.78 Å². The average Bonchev–Trinajstić information content (AvgIpc) is 2.20. The van der Waals surface area contributed by atoms with Crippen molar-refractivity contribution in [2.75, 3.05) is 6.61 Å². The van der Waals surface area contributed by atoms with Crippen molar-refractivity contribution in [3.05, 3.63) is 35.4 Å². The summed E-state index contributed by atoms with van der Waals surface area (Å²) in [6.07, 6.45) is 0.219. The molecule has 1 rings (SSSR count). The van der Waals surface area contributed by atoms with Crippen LogP contribution in [0.1, 0.15) is 18.9 Å². The number of hydrogen-bond donors (Lipinski definition) is 0. The lowest BCUT2D eigenvalue weighted by atomic mass is 10.1. The highest BCUT2D eigenvalue weighted by atomic mass is 19.1. The molecule has 0 aliphatic heterocycles. The number of halogens is 2. The van der Waals surface area contributed by atoms with Crippen LogP contribution in [0.3, 0.4) is 0 Å². The molecule has 1 aromatic rings. The Kier molecular flexibility index (Phi) is 4.21. The number of benzene rings is 1. The summed E-state index contributed by atoms with van der Waals surface area (Å²) in [5.74, 6) is -1.41. The van der Waals surface area contributed by atoms with E-state index in [1.807, 2.05) is 0 Å². The standard InChI is InChI=1S/C11H12F2O2/c1-2-15-11(14)6-3-8-7-9(12)4-5-10(8)13/h4-5,7H,2-3,6H2,1H3. The van der Waals surface area contributed by atoms with Crippen molar-refractivity contribution in [2.24, 2.45) is 0 Å². The highest BCUT2D eigenvalue weighted by Crippen LogP contribution is 2.11. The minimum Gasteiger partial charge on any atom is -0.466 e. The lowest BCUT2D eigenvalue weighted by Crippen LogP contribution is -2.06. The van der Waals surface area contributed by atoms with Crippen molar-refractivity contribution in [1.82, 2.24) is 0 Å². The predicted molar refractivity (Wildman–Crippen MR) is 51.3 cm³/mol. The van der Waals surface area contributed by atoms with Gasteiger partial charge in [0.25, 0.3) is 0 Å². The van der Waals surface area contributed by atoms with E-state index in [4.69, 9.17) is 0 Å². The topological polar surface area (TPSA) is 26.3 Å². The number of carbonyl (C=O) groups excluding carboxylic acids is 1. The monoisotopic (exact) mass is 214 g/mol. The van der Waals surface area contributed by atoms with Crippen LogP contribution >= 0.6 is 0 Å². The molecular formula is C11H12F2O2. The van der Waals surface area contributed by atoms with E-state index < -0.39 is 17.6 Å². The van der Waals surface area contributed by atoms with Gasteiger partial charge in [-0.2, -0.15) is 0 Å². The molecule has 0 radical (unpaired) electrons. The molecule has 0 amide bonds. The predicted octanol–water partition coefficient (Wildman–Crippen LogP) is 2.46. The molecule has 0 aliphatic rings. The van der Waals surface area contributed by atoms with E-state index in [0.717, 1.165) is 18.2 Å². The lowest BCUT2D eigenvalue weighted by Gasteiger charge is -2.03. The van der Waals surface area contributed by atoms with Crippen LogP contribution in [-0.4, -0.2) is 12.6 Å². The van der Waals surface area contributed by atoms with Gasteiger partial charge in [-0.1, -0.05) is 0 Å². The SMILES string of the molecule is CCOC(=O)CCc1cc(F)ccc1F. The minimum absolute atomic E-state index is 0.0637. The molecule has 2 nitrogen and oxygen atoms in total. The fourth-order valence-electron chi connectivity index (χ4n) is 1.20. The third-order valence-corrected chi connectivity index (χ3v) is 1.91. The summed E-state index contributed by atoms with van der Waals surface area (Å²) in [4.78, 5) is 11.0. The number of aryl methyl sites for hydroxylation is 1. The second-order valence-corrected chi connectivity index (χ2v) is 3.04. The molecule has 0 atom stereocenters. The van der Waals surface area contributed by atoms with Crippen molar-refractivity contribution in [3.8, 4) is 0 Å². The molecule has 0 unspecified atom stereocenters. The Labute approximate surface area is 86.9 Å². The fraction of sp³-hybridized carbons (Fsp3) is 0.364. The highest BCUT2D eigenvalue weighted by molar-refractivity contribution is 5.69. The second kappa shape index (κ2) is 5.44. The molecule has 0 fully saturated rings. The summed E-state index contributed by atoms with van der Waals surface area (Å²) in [6.45, 7) is 1.99. The summed E-state index contributed by atoms with van der Waals surface area (Å²) >= 11 is 0. The lowest BCUT2D eigenvalue weighted by molar-refractivity contribution is -0.143. The van der Waals surface area contributed by atoms with Crippen molar-refractivity contribution < 1.29 is 18.3 Å². The summed E-state index contributed by atoms with van der Waals surface area (Å²) in [5.41, 5.74) is 0.197. The Morgan fingerprint density at radius 1 is 1.40 bits per heavy atom. The van der Waals surface area contributed by atoms with Gasteiger partial charge in [0.05, 0.1) is 6.61 Å². The third-order valence-electron chi connectivity index (χ3n) is 1.91. The zero-order chi connectivity index (χ0) is 11.3. The molecule has 0 saturated carbocycles. The molecule has 0 spiro atoms. The van der Waals surface area contributed by atoms with Gasteiger partial charge in [0.15, 0.2) is 0 Å². The Bertz CT molecular complexity index is 350. The highest BCUT2D eigenvalue weighted by Gasteiger charge is 2.07. The van der Waals surface area contributed by atoms with Gasteiger partial charge in [-0.05, 0) is 37.1 Å². The van der Waals surface area contributed by atoms with Gasteiger partial charge < -0.3 is 4.74 Å². The molecule has 82 valence electrons. The van der Waals surface area contributed by atoms with Gasteiger partial charge >= 0.3 is 5.97 Å². The number of ether oxygens (including phenoxy) is 1.